The third-order valence-corrected chi connectivity index (χ3v) is 4.30. The molecule has 0 aromatic heterocycles. The van der Waals surface area contributed by atoms with Crippen LogP contribution in [0.25, 0.3) is 6.08 Å². The van der Waals surface area contributed by atoms with Gasteiger partial charge in [0.05, 0.1) is 9.50 Å². The summed E-state index contributed by atoms with van der Waals surface area (Å²) < 4.78 is 6.38. The Morgan fingerprint density at radius 1 is 1.17 bits per heavy atom. The molecule has 0 saturated carbocycles. The molecule has 2 aromatic carbocycles. The SMILES string of the molecule is NC(=O)/C=C/c1cc(Cl)c(OCc2ccc(Cl)cc2Cl)c(Br)c1. The van der Waals surface area contributed by atoms with E-state index < -0.39 is 5.91 Å². The van der Waals surface area contributed by atoms with Gasteiger partial charge in [-0.15, -0.1) is 0 Å². The lowest BCUT2D eigenvalue weighted by Crippen LogP contribution is -2.05. The van der Waals surface area contributed by atoms with E-state index in [-0.39, 0.29) is 6.61 Å². The Bertz CT molecular complexity index is 755. The van der Waals surface area contributed by atoms with Gasteiger partial charge in [0.15, 0.2) is 5.75 Å². The highest BCUT2D eigenvalue weighted by molar-refractivity contribution is 9.10. The summed E-state index contributed by atoms with van der Waals surface area (Å²) in [6, 6.07) is 8.61. The summed E-state index contributed by atoms with van der Waals surface area (Å²) in [5.74, 6) is -0.0520. The predicted molar refractivity (Wildman–Crippen MR) is 98.2 cm³/mol. The number of halogens is 4. The Labute approximate surface area is 157 Å². The molecule has 0 aliphatic carbocycles. The number of carbonyl (C=O) groups excluding carboxylic acids is 1. The molecule has 0 aliphatic heterocycles. The Balaban J connectivity index is 2.18. The lowest BCUT2D eigenvalue weighted by Gasteiger charge is -2.12. The topological polar surface area (TPSA) is 52.3 Å². The number of hydrogen-bond acceptors (Lipinski definition) is 2. The molecule has 0 spiro atoms. The van der Waals surface area contributed by atoms with Crippen LogP contribution in [0, 0.1) is 0 Å². The van der Waals surface area contributed by atoms with Gasteiger partial charge in [0.2, 0.25) is 5.91 Å². The largest absolute Gasteiger partial charge is 0.486 e. The number of primary amides is 1. The highest BCUT2D eigenvalue weighted by Gasteiger charge is 2.10. The van der Waals surface area contributed by atoms with Crippen molar-refractivity contribution < 1.29 is 9.53 Å². The number of amides is 1. The Kier molecular flexibility index (Phi) is 6.36. The molecule has 1 amide bonds. The van der Waals surface area contributed by atoms with E-state index in [4.69, 9.17) is 45.3 Å². The van der Waals surface area contributed by atoms with Crippen molar-refractivity contribution in [2.75, 3.05) is 0 Å². The lowest BCUT2D eigenvalue weighted by atomic mass is 10.2. The van der Waals surface area contributed by atoms with Gasteiger partial charge in [-0.25, -0.2) is 0 Å². The van der Waals surface area contributed by atoms with Gasteiger partial charge < -0.3 is 10.5 Å². The van der Waals surface area contributed by atoms with E-state index in [1.807, 2.05) is 0 Å². The van der Waals surface area contributed by atoms with Crippen LogP contribution in [0.4, 0.5) is 0 Å². The molecule has 0 atom stereocenters. The number of nitrogens with two attached hydrogens (primary N) is 1. The molecule has 0 aliphatic rings. The Hall–Kier alpha value is -1.20. The molecule has 0 saturated heterocycles. The normalized spacial score (nSPS) is 11.0. The molecule has 120 valence electrons. The Morgan fingerprint density at radius 2 is 1.91 bits per heavy atom. The third kappa shape index (κ3) is 5.15. The molecular formula is C16H11BrCl3NO2. The number of hydrogen-bond donors (Lipinski definition) is 1. The minimum Gasteiger partial charge on any atom is -0.486 e. The van der Waals surface area contributed by atoms with Crippen LogP contribution in [-0.2, 0) is 11.4 Å². The van der Waals surface area contributed by atoms with Gasteiger partial charge in [-0.05, 0) is 51.8 Å². The second-order valence-corrected chi connectivity index (χ2v) is 6.68. The molecule has 2 rings (SSSR count). The van der Waals surface area contributed by atoms with Crippen molar-refractivity contribution in [1.82, 2.24) is 0 Å². The minimum absolute atomic E-state index is 0.241. The summed E-state index contributed by atoms with van der Waals surface area (Å²) >= 11 is 21.6. The van der Waals surface area contributed by atoms with Crippen LogP contribution in [0.15, 0.2) is 40.9 Å². The zero-order chi connectivity index (χ0) is 17.0. The number of carbonyl (C=O) groups is 1. The van der Waals surface area contributed by atoms with Crippen molar-refractivity contribution in [2.24, 2.45) is 5.73 Å². The molecular weight excluding hydrogens is 424 g/mol. The fourth-order valence-electron chi connectivity index (χ4n) is 1.78. The number of rotatable bonds is 5. The fraction of sp³-hybridized carbons (Fsp3) is 0.0625. The van der Waals surface area contributed by atoms with E-state index in [1.165, 1.54) is 6.08 Å². The van der Waals surface area contributed by atoms with Crippen molar-refractivity contribution in [3.05, 3.63) is 67.1 Å². The number of ether oxygens (including phenoxy) is 1. The minimum atomic E-state index is -0.532. The first-order valence-electron chi connectivity index (χ1n) is 6.40. The van der Waals surface area contributed by atoms with E-state index in [9.17, 15) is 4.79 Å². The Morgan fingerprint density at radius 3 is 2.52 bits per heavy atom. The molecule has 2 aromatic rings. The quantitative estimate of drug-likeness (QED) is 0.632. The van der Waals surface area contributed by atoms with Gasteiger partial charge in [-0.3, -0.25) is 4.79 Å². The summed E-state index contributed by atoms with van der Waals surface area (Å²) in [5.41, 5.74) is 6.57. The van der Waals surface area contributed by atoms with Crippen molar-refractivity contribution in [3.63, 3.8) is 0 Å². The highest BCUT2D eigenvalue weighted by atomic mass is 79.9. The van der Waals surface area contributed by atoms with Crippen LogP contribution in [0.2, 0.25) is 15.1 Å². The van der Waals surface area contributed by atoms with E-state index in [0.29, 0.717) is 25.3 Å². The summed E-state index contributed by atoms with van der Waals surface area (Å²) in [7, 11) is 0. The smallest absolute Gasteiger partial charge is 0.241 e. The zero-order valence-electron chi connectivity index (χ0n) is 11.7. The van der Waals surface area contributed by atoms with E-state index in [0.717, 1.165) is 11.1 Å². The summed E-state index contributed by atoms with van der Waals surface area (Å²) in [6.07, 6.45) is 2.82. The second kappa shape index (κ2) is 8.06. The van der Waals surface area contributed by atoms with E-state index in [2.05, 4.69) is 15.9 Å². The lowest BCUT2D eigenvalue weighted by molar-refractivity contribution is -0.113. The van der Waals surface area contributed by atoms with Crippen molar-refractivity contribution in [3.8, 4) is 5.75 Å². The van der Waals surface area contributed by atoms with Gasteiger partial charge in [0, 0.05) is 21.7 Å². The maximum absolute atomic E-state index is 10.8. The molecule has 23 heavy (non-hydrogen) atoms. The van der Waals surface area contributed by atoms with E-state index in [1.54, 1.807) is 36.4 Å². The van der Waals surface area contributed by atoms with Crippen LogP contribution >= 0.6 is 50.7 Å². The van der Waals surface area contributed by atoms with Crippen LogP contribution in [0.1, 0.15) is 11.1 Å². The standard InChI is InChI=1S/C16H11BrCl3NO2/c17-12-5-9(1-4-15(21)22)6-14(20)16(12)23-8-10-2-3-11(18)7-13(10)19/h1-7H,8H2,(H2,21,22)/b4-1+. The monoisotopic (exact) mass is 433 g/mol. The summed E-state index contributed by atoms with van der Waals surface area (Å²) in [5, 5.41) is 1.47. The van der Waals surface area contributed by atoms with Crippen LogP contribution < -0.4 is 10.5 Å². The molecule has 0 heterocycles. The summed E-state index contributed by atoms with van der Waals surface area (Å²) in [6.45, 7) is 0.241. The first kappa shape index (κ1) is 18.1. The molecule has 0 fully saturated rings. The maximum Gasteiger partial charge on any atom is 0.241 e. The van der Waals surface area contributed by atoms with Gasteiger partial charge >= 0.3 is 0 Å². The first-order chi connectivity index (χ1) is 10.9. The van der Waals surface area contributed by atoms with Crippen molar-refractivity contribution >= 4 is 62.7 Å². The van der Waals surface area contributed by atoms with Crippen LogP contribution in [-0.4, -0.2) is 5.91 Å². The molecule has 0 unspecified atom stereocenters. The molecule has 2 N–H and O–H groups in total. The van der Waals surface area contributed by atoms with Gasteiger partial charge in [-0.1, -0.05) is 40.9 Å². The maximum atomic E-state index is 10.8. The molecule has 0 bridgehead atoms. The van der Waals surface area contributed by atoms with Gasteiger partial charge in [0.25, 0.3) is 0 Å². The average Bonchev–Trinajstić information content (AvgIpc) is 2.46. The van der Waals surface area contributed by atoms with Crippen LogP contribution in [0.5, 0.6) is 5.75 Å². The summed E-state index contributed by atoms with van der Waals surface area (Å²) in [4.78, 5) is 10.8. The average molecular weight is 436 g/mol. The molecule has 3 nitrogen and oxygen atoms in total. The second-order valence-electron chi connectivity index (χ2n) is 4.57. The third-order valence-electron chi connectivity index (χ3n) is 2.85. The molecule has 0 radical (unpaired) electrons. The van der Waals surface area contributed by atoms with Crippen LogP contribution in [0.3, 0.4) is 0 Å². The highest BCUT2D eigenvalue weighted by Crippen LogP contribution is 2.36. The van der Waals surface area contributed by atoms with E-state index >= 15 is 0 Å². The zero-order valence-corrected chi connectivity index (χ0v) is 15.5. The fourth-order valence-corrected chi connectivity index (χ4v) is 3.23. The van der Waals surface area contributed by atoms with Crippen molar-refractivity contribution in [1.29, 1.82) is 0 Å². The predicted octanol–water partition coefficient (Wildman–Crippen LogP) is 5.49. The van der Waals surface area contributed by atoms with Gasteiger partial charge in [-0.2, -0.15) is 0 Å². The molecule has 7 heteroatoms. The van der Waals surface area contributed by atoms with Gasteiger partial charge in [0.1, 0.15) is 6.61 Å². The van der Waals surface area contributed by atoms with Crippen molar-refractivity contribution in [2.45, 2.75) is 6.61 Å². The first-order valence-corrected chi connectivity index (χ1v) is 8.33. The number of benzene rings is 2.